The van der Waals surface area contributed by atoms with Crippen LogP contribution >= 0.6 is 0 Å². The third kappa shape index (κ3) is 8.74. The Balaban J connectivity index is 1.81. The number of ether oxygens (including phenoxy) is 1. The Kier molecular flexibility index (Phi) is 11.8. The topological polar surface area (TPSA) is 66.8 Å². The minimum absolute atomic E-state index is 0.0221. The van der Waals surface area contributed by atoms with Gasteiger partial charge in [0.15, 0.2) is 0 Å². The Morgan fingerprint density at radius 1 is 1.19 bits per heavy atom. The zero-order chi connectivity index (χ0) is 22.5. The molecule has 31 heavy (non-hydrogen) atoms. The maximum absolute atomic E-state index is 14.5. The van der Waals surface area contributed by atoms with Crippen molar-refractivity contribution in [2.75, 3.05) is 13.2 Å². The number of hydrogen-bond acceptors (Lipinski definition) is 4. The van der Waals surface area contributed by atoms with E-state index in [-0.39, 0.29) is 31.0 Å². The Bertz CT molecular complexity index is 658. The molecule has 1 unspecified atom stereocenters. The third-order valence-electron chi connectivity index (χ3n) is 6.25. The molecule has 1 aromatic rings. The van der Waals surface area contributed by atoms with E-state index in [4.69, 9.17) is 9.84 Å². The van der Waals surface area contributed by atoms with Crippen LogP contribution in [-0.2, 0) is 9.53 Å². The standard InChI is InChI=1S/C26H39FO4/c1-2-3-6-10-25(29)21-14-12-20(13-15-21)22-16-17-24(27)23(22)9-7-4-5-8-11-26(30)31-19-18-28/h4,7,12-15,22-25,28-29H,2-3,5-6,8-11,16-19H2,1H3/b7-4-/t22-,23-,24-,25?/m1/s1. The van der Waals surface area contributed by atoms with Gasteiger partial charge in [-0.2, -0.15) is 0 Å². The summed E-state index contributed by atoms with van der Waals surface area (Å²) in [4.78, 5) is 11.4. The number of carbonyl (C=O) groups is 1. The number of aliphatic hydroxyl groups is 2. The van der Waals surface area contributed by atoms with E-state index in [1.807, 2.05) is 24.3 Å². The number of rotatable bonds is 14. The molecule has 5 heteroatoms. The van der Waals surface area contributed by atoms with E-state index in [0.717, 1.165) is 49.7 Å². The second-order valence-electron chi connectivity index (χ2n) is 8.59. The summed E-state index contributed by atoms with van der Waals surface area (Å²) in [6.45, 7) is 2.05. The molecule has 1 saturated carbocycles. The van der Waals surface area contributed by atoms with Crippen molar-refractivity contribution < 1.29 is 24.1 Å². The summed E-state index contributed by atoms with van der Waals surface area (Å²) in [5.74, 6) is -0.105. The molecule has 0 bridgehead atoms. The van der Waals surface area contributed by atoms with Crippen LogP contribution in [0.25, 0.3) is 0 Å². The quantitative estimate of drug-likeness (QED) is 0.221. The highest BCUT2D eigenvalue weighted by atomic mass is 19.1. The van der Waals surface area contributed by atoms with Gasteiger partial charge in [-0.25, -0.2) is 4.39 Å². The molecule has 1 aliphatic rings. The first kappa shape index (κ1) is 25.5. The van der Waals surface area contributed by atoms with Crippen molar-refractivity contribution in [3.8, 4) is 0 Å². The molecule has 1 aromatic carbocycles. The summed E-state index contributed by atoms with van der Waals surface area (Å²) in [7, 11) is 0. The molecule has 0 heterocycles. The van der Waals surface area contributed by atoms with E-state index in [9.17, 15) is 14.3 Å². The molecule has 174 valence electrons. The van der Waals surface area contributed by atoms with Crippen LogP contribution in [0.3, 0.4) is 0 Å². The van der Waals surface area contributed by atoms with Crippen LogP contribution < -0.4 is 0 Å². The minimum Gasteiger partial charge on any atom is -0.463 e. The molecule has 0 aromatic heterocycles. The molecule has 0 spiro atoms. The van der Waals surface area contributed by atoms with Gasteiger partial charge in [-0.3, -0.25) is 4.79 Å². The number of unbranched alkanes of at least 4 members (excludes halogenated alkanes) is 3. The predicted molar refractivity (Wildman–Crippen MR) is 122 cm³/mol. The van der Waals surface area contributed by atoms with Gasteiger partial charge >= 0.3 is 5.97 Å². The normalized spacial score (nSPS) is 22.1. The van der Waals surface area contributed by atoms with Crippen LogP contribution in [0.15, 0.2) is 36.4 Å². The van der Waals surface area contributed by atoms with E-state index in [2.05, 4.69) is 19.1 Å². The van der Waals surface area contributed by atoms with Crippen molar-refractivity contribution in [1.82, 2.24) is 0 Å². The first-order valence-electron chi connectivity index (χ1n) is 11.9. The van der Waals surface area contributed by atoms with Crippen molar-refractivity contribution >= 4 is 5.97 Å². The Morgan fingerprint density at radius 2 is 1.97 bits per heavy atom. The van der Waals surface area contributed by atoms with Crippen molar-refractivity contribution in [3.63, 3.8) is 0 Å². The Labute approximate surface area is 186 Å². The molecule has 1 aliphatic carbocycles. The monoisotopic (exact) mass is 434 g/mol. The summed E-state index contributed by atoms with van der Waals surface area (Å²) >= 11 is 0. The largest absolute Gasteiger partial charge is 0.463 e. The van der Waals surface area contributed by atoms with E-state index in [0.29, 0.717) is 25.7 Å². The average Bonchev–Trinajstić information content (AvgIpc) is 3.15. The number of allylic oxidation sites excluding steroid dienone is 2. The van der Waals surface area contributed by atoms with Crippen molar-refractivity contribution in [2.24, 2.45) is 5.92 Å². The van der Waals surface area contributed by atoms with Crippen LogP contribution in [0, 0.1) is 5.92 Å². The molecule has 2 rings (SSSR count). The summed E-state index contributed by atoms with van der Waals surface area (Å²) in [5.41, 5.74) is 2.11. The fourth-order valence-corrected chi connectivity index (χ4v) is 4.43. The highest BCUT2D eigenvalue weighted by Crippen LogP contribution is 2.43. The number of esters is 1. The number of alkyl halides is 1. The van der Waals surface area contributed by atoms with Gasteiger partial charge < -0.3 is 14.9 Å². The van der Waals surface area contributed by atoms with Crippen LogP contribution in [0.1, 0.15) is 94.3 Å². The lowest BCUT2D eigenvalue weighted by molar-refractivity contribution is -0.144. The molecular weight excluding hydrogens is 395 g/mol. The van der Waals surface area contributed by atoms with Gasteiger partial charge in [0.1, 0.15) is 12.8 Å². The number of carbonyl (C=O) groups excluding carboxylic acids is 1. The van der Waals surface area contributed by atoms with Gasteiger partial charge in [0, 0.05) is 12.3 Å². The van der Waals surface area contributed by atoms with Crippen LogP contribution in [0.4, 0.5) is 4.39 Å². The van der Waals surface area contributed by atoms with E-state index in [1.54, 1.807) is 0 Å². The number of benzene rings is 1. The molecule has 0 aliphatic heterocycles. The second-order valence-corrected chi connectivity index (χ2v) is 8.59. The molecule has 2 N–H and O–H groups in total. The zero-order valence-corrected chi connectivity index (χ0v) is 18.8. The zero-order valence-electron chi connectivity index (χ0n) is 18.8. The van der Waals surface area contributed by atoms with Crippen LogP contribution in [-0.4, -0.2) is 35.6 Å². The molecular formula is C26H39FO4. The number of aliphatic hydroxyl groups excluding tert-OH is 2. The average molecular weight is 435 g/mol. The maximum Gasteiger partial charge on any atom is 0.305 e. The fraction of sp³-hybridized carbons (Fsp3) is 0.654. The summed E-state index contributed by atoms with van der Waals surface area (Å²) < 4.78 is 19.4. The van der Waals surface area contributed by atoms with Crippen LogP contribution in [0.5, 0.6) is 0 Å². The van der Waals surface area contributed by atoms with Gasteiger partial charge in [-0.15, -0.1) is 0 Å². The lowest BCUT2D eigenvalue weighted by atomic mass is 9.85. The first-order chi connectivity index (χ1) is 15.1. The highest BCUT2D eigenvalue weighted by molar-refractivity contribution is 5.69. The molecule has 0 saturated heterocycles. The van der Waals surface area contributed by atoms with Gasteiger partial charge in [0.05, 0.1) is 12.7 Å². The molecule has 1 fully saturated rings. The summed E-state index contributed by atoms with van der Waals surface area (Å²) in [6, 6.07) is 8.13. The van der Waals surface area contributed by atoms with Gasteiger partial charge in [0.25, 0.3) is 0 Å². The fourth-order valence-electron chi connectivity index (χ4n) is 4.43. The summed E-state index contributed by atoms with van der Waals surface area (Å²) in [6.07, 6.45) is 10.9. The Hall–Kier alpha value is -1.72. The van der Waals surface area contributed by atoms with Crippen molar-refractivity contribution in [2.45, 2.75) is 89.3 Å². The first-order valence-corrected chi connectivity index (χ1v) is 11.9. The van der Waals surface area contributed by atoms with Gasteiger partial charge in [-0.05, 0) is 55.6 Å². The minimum atomic E-state index is -0.789. The second kappa shape index (κ2) is 14.4. The Morgan fingerprint density at radius 3 is 2.68 bits per heavy atom. The molecule has 4 nitrogen and oxygen atoms in total. The SMILES string of the molecule is CCCCCC(O)c1ccc([C@H]2CC[C@@H](F)[C@@H]2C/C=C\CCCC(=O)OCCO)cc1. The molecule has 0 radical (unpaired) electrons. The third-order valence-corrected chi connectivity index (χ3v) is 6.25. The van der Waals surface area contributed by atoms with Crippen molar-refractivity contribution in [3.05, 3.63) is 47.5 Å². The smallest absolute Gasteiger partial charge is 0.305 e. The van der Waals surface area contributed by atoms with E-state index < -0.39 is 12.3 Å². The number of hydrogen-bond donors (Lipinski definition) is 2. The van der Waals surface area contributed by atoms with Crippen LogP contribution in [0.2, 0.25) is 0 Å². The van der Waals surface area contributed by atoms with E-state index >= 15 is 0 Å². The van der Waals surface area contributed by atoms with Gasteiger partial charge in [0.2, 0.25) is 0 Å². The molecule has 0 amide bonds. The lowest BCUT2D eigenvalue weighted by Gasteiger charge is -2.21. The number of halogens is 1. The van der Waals surface area contributed by atoms with Crippen molar-refractivity contribution in [1.29, 1.82) is 0 Å². The lowest BCUT2D eigenvalue weighted by Crippen LogP contribution is -2.14. The molecule has 4 atom stereocenters. The van der Waals surface area contributed by atoms with Gasteiger partial charge in [-0.1, -0.05) is 62.6 Å². The summed E-state index contributed by atoms with van der Waals surface area (Å²) in [5, 5.41) is 19.0. The maximum atomic E-state index is 14.5. The highest BCUT2D eigenvalue weighted by Gasteiger charge is 2.36. The van der Waals surface area contributed by atoms with E-state index in [1.165, 1.54) is 0 Å². The predicted octanol–water partition coefficient (Wildman–Crippen LogP) is 5.78.